The molecule has 0 aromatic carbocycles. The largest absolute Gasteiger partial charge is 0.480 e. The summed E-state index contributed by atoms with van der Waals surface area (Å²) in [6.07, 6.45) is 0.872. The molecular weight excluding hydrogens is 356 g/mol. The van der Waals surface area contributed by atoms with Gasteiger partial charge in [-0.1, -0.05) is 20.3 Å². The normalized spacial score (nSPS) is 20.8. The molecule has 0 aliphatic carbocycles. The Morgan fingerprint density at radius 3 is 2.30 bits per heavy atom. The maximum atomic E-state index is 12.4. The van der Waals surface area contributed by atoms with Crippen molar-refractivity contribution in [1.82, 2.24) is 21.3 Å². The van der Waals surface area contributed by atoms with Gasteiger partial charge in [0.1, 0.15) is 6.04 Å². The summed E-state index contributed by atoms with van der Waals surface area (Å²) in [5.41, 5.74) is 0. The second-order valence-electron chi connectivity index (χ2n) is 6.86. The molecule has 6 N–H and O–H groups in total. The fraction of sp³-hybridized carbons (Fsp3) is 0.765. The molecule has 0 saturated carbocycles. The van der Waals surface area contributed by atoms with Crippen molar-refractivity contribution in [1.29, 1.82) is 0 Å². The fourth-order valence-electron chi connectivity index (χ4n) is 2.76. The molecule has 10 nitrogen and oxygen atoms in total. The minimum atomic E-state index is -1.48. The first kappa shape index (κ1) is 22.8. The minimum Gasteiger partial charge on any atom is -0.480 e. The predicted molar refractivity (Wildman–Crippen MR) is 96.7 cm³/mol. The highest BCUT2D eigenvalue weighted by atomic mass is 16.4. The molecule has 1 saturated heterocycles. The van der Waals surface area contributed by atoms with Crippen LogP contribution in [0.2, 0.25) is 0 Å². The van der Waals surface area contributed by atoms with Crippen LogP contribution in [0.5, 0.6) is 0 Å². The Balaban J connectivity index is 2.64. The maximum absolute atomic E-state index is 12.4. The van der Waals surface area contributed by atoms with Crippen LogP contribution in [0.15, 0.2) is 0 Å². The molecule has 0 bridgehead atoms. The third-order valence-corrected chi connectivity index (χ3v) is 4.66. The lowest BCUT2D eigenvalue weighted by Gasteiger charge is -2.26. The second kappa shape index (κ2) is 10.8. The van der Waals surface area contributed by atoms with Gasteiger partial charge >= 0.3 is 5.97 Å². The number of hydrogen-bond acceptors (Lipinski definition) is 6. The van der Waals surface area contributed by atoms with Crippen molar-refractivity contribution in [3.63, 3.8) is 0 Å². The number of aliphatic hydroxyl groups is 1. The van der Waals surface area contributed by atoms with Crippen molar-refractivity contribution in [2.45, 2.75) is 64.3 Å². The molecule has 5 atom stereocenters. The van der Waals surface area contributed by atoms with Crippen molar-refractivity contribution >= 4 is 23.7 Å². The first-order valence-corrected chi connectivity index (χ1v) is 9.19. The van der Waals surface area contributed by atoms with Gasteiger partial charge in [0.2, 0.25) is 17.7 Å². The number of aliphatic carboxylic acids is 1. The van der Waals surface area contributed by atoms with Crippen LogP contribution in [0.25, 0.3) is 0 Å². The maximum Gasteiger partial charge on any atom is 0.328 e. The van der Waals surface area contributed by atoms with Crippen LogP contribution >= 0.6 is 0 Å². The van der Waals surface area contributed by atoms with Crippen LogP contribution in [0.1, 0.15) is 40.0 Å². The van der Waals surface area contributed by atoms with Crippen molar-refractivity contribution in [2.24, 2.45) is 5.92 Å². The third-order valence-electron chi connectivity index (χ3n) is 4.66. The van der Waals surface area contributed by atoms with Crippen molar-refractivity contribution in [3.05, 3.63) is 0 Å². The molecule has 0 aromatic heterocycles. The Bertz CT molecular complexity index is 548. The summed E-state index contributed by atoms with van der Waals surface area (Å²) in [7, 11) is 0. The van der Waals surface area contributed by atoms with E-state index in [0.29, 0.717) is 12.8 Å². The second-order valence-corrected chi connectivity index (χ2v) is 6.86. The highest BCUT2D eigenvalue weighted by Crippen LogP contribution is 2.09. The van der Waals surface area contributed by atoms with E-state index in [1.54, 1.807) is 6.92 Å². The molecule has 1 aliphatic heterocycles. The lowest BCUT2D eigenvalue weighted by molar-refractivity contribution is -0.145. The summed E-state index contributed by atoms with van der Waals surface area (Å²) >= 11 is 0. The van der Waals surface area contributed by atoms with Crippen LogP contribution in [-0.2, 0) is 19.2 Å². The van der Waals surface area contributed by atoms with Crippen LogP contribution in [0.4, 0.5) is 0 Å². The monoisotopic (exact) mass is 386 g/mol. The Hall–Kier alpha value is -2.20. The number of carbonyl (C=O) groups is 4. The van der Waals surface area contributed by atoms with Gasteiger partial charge in [0, 0.05) is 0 Å². The molecule has 1 fully saturated rings. The minimum absolute atomic E-state index is 0.271. The number of aliphatic hydroxyl groups excluding tert-OH is 1. The van der Waals surface area contributed by atoms with Gasteiger partial charge in [-0.15, -0.1) is 0 Å². The van der Waals surface area contributed by atoms with Crippen LogP contribution in [0, 0.1) is 5.92 Å². The van der Waals surface area contributed by atoms with Gasteiger partial charge in [0.05, 0.1) is 18.7 Å². The van der Waals surface area contributed by atoms with E-state index >= 15 is 0 Å². The molecule has 0 spiro atoms. The van der Waals surface area contributed by atoms with Gasteiger partial charge in [-0.25, -0.2) is 4.79 Å². The van der Waals surface area contributed by atoms with Crippen molar-refractivity contribution in [2.75, 3.05) is 13.1 Å². The zero-order valence-corrected chi connectivity index (χ0v) is 15.9. The molecule has 5 unspecified atom stereocenters. The van der Waals surface area contributed by atoms with Gasteiger partial charge in [0.15, 0.2) is 6.04 Å². The van der Waals surface area contributed by atoms with Gasteiger partial charge in [-0.3, -0.25) is 14.4 Å². The molecule has 27 heavy (non-hydrogen) atoms. The van der Waals surface area contributed by atoms with Crippen LogP contribution in [-0.4, -0.2) is 71.2 Å². The van der Waals surface area contributed by atoms with Crippen molar-refractivity contribution < 1.29 is 29.4 Å². The Morgan fingerprint density at radius 2 is 1.81 bits per heavy atom. The molecule has 1 rings (SSSR count). The lowest BCUT2D eigenvalue weighted by Crippen LogP contribution is -2.57. The summed E-state index contributed by atoms with van der Waals surface area (Å²) in [6, 6.07) is -2.77. The van der Waals surface area contributed by atoms with E-state index in [9.17, 15) is 24.3 Å². The summed E-state index contributed by atoms with van der Waals surface area (Å²) in [6.45, 7) is 5.30. The molecule has 10 heteroatoms. The zero-order valence-electron chi connectivity index (χ0n) is 15.9. The van der Waals surface area contributed by atoms with Gasteiger partial charge in [-0.2, -0.15) is 0 Å². The molecule has 1 aliphatic rings. The van der Waals surface area contributed by atoms with E-state index in [1.165, 1.54) is 6.92 Å². The zero-order chi connectivity index (χ0) is 20.6. The number of nitrogens with one attached hydrogen (secondary N) is 4. The van der Waals surface area contributed by atoms with Crippen molar-refractivity contribution in [3.8, 4) is 0 Å². The molecule has 0 aromatic rings. The predicted octanol–water partition coefficient (Wildman–Crippen LogP) is -1.66. The van der Waals surface area contributed by atoms with Gasteiger partial charge < -0.3 is 31.5 Å². The number of carbonyl (C=O) groups excluding carboxylic acids is 3. The molecular formula is C17H30N4O6. The first-order valence-electron chi connectivity index (χ1n) is 9.19. The smallest absolute Gasteiger partial charge is 0.328 e. The average Bonchev–Trinajstić information content (AvgIpc) is 3.15. The number of carboxylic acids is 1. The lowest BCUT2D eigenvalue weighted by atomic mass is 9.97. The molecule has 1 heterocycles. The first-order chi connectivity index (χ1) is 12.7. The summed E-state index contributed by atoms with van der Waals surface area (Å²) < 4.78 is 0. The van der Waals surface area contributed by atoms with Crippen LogP contribution in [0.3, 0.4) is 0 Å². The topological polar surface area (TPSA) is 157 Å². The third kappa shape index (κ3) is 7.14. The summed E-state index contributed by atoms with van der Waals surface area (Å²) in [4.78, 5) is 47.7. The van der Waals surface area contributed by atoms with Crippen LogP contribution < -0.4 is 21.3 Å². The van der Waals surface area contributed by atoms with E-state index in [1.807, 2.05) is 6.92 Å². The fourth-order valence-corrected chi connectivity index (χ4v) is 2.76. The molecule has 154 valence electrons. The Labute approximate surface area is 158 Å². The average molecular weight is 386 g/mol. The van der Waals surface area contributed by atoms with Gasteiger partial charge in [0.25, 0.3) is 0 Å². The number of hydrogen-bond donors (Lipinski definition) is 6. The van der Waals surface area contributed by atoms with E-state index in [2.05, 4.69) is 21.3 Å². The SMILES string of the molecule is CCC(C)C(NC(=O)CNC(=O)C1CCCN1)C(=O)NC(C(=O)O)C(C)O. The number of rotatable bonds is 10. The van der Waals surface area contributed by atoms with E-state index in [-0.39, 0.29) is 24.4 Å². The molecule has 0 radical (unpaired) electrons. The van der Waals surface area contributed by atoms with Gasteiger partial charge in [-0.05, 0) is 32.2 Å². The standard InChI is InChI=1S/C17H30N4O6/c1-4-9(2)13(16(25)21-14(10(3)22)17(26)27)20-12(23)8-19-15(24)11-6-5-7-18-11/h9-11,13-14,18,22H,4-8H2,1-3H3,(H,19,24)(H,20,23)(H,21,25)(H,26,27). The molecule has 3 amide bonds. The quantitative estimate of drug-likeness (QED) is 0.262. The highest BCUT2D eigenvalue weighted by Gasteiger charge is 2.32. The van der Waals surface area contributed by atoms with E-state index in [4.69, 9.17) is 5.11 Å². The Kier molecular flexibility index (Phi) is 9.16. The van der Waals surface area contributed by atoms with E-state index in [0.717, 1.165) is 13.0 Å². The Morgan fingerprint density at radius 1 is 1.15 bits per heavy atom. The summed E-state index contributed by atoms with van der Waals surface area (Å²) in [5.74, 6) is -3.17. The number of amides is 3. The summed E-state index contributed by atoms with van der Waals surface area (Å²) in [5, 5.41) is 28.9. The number of carboxylic acid groups (broad SMARTS) is 1. The van der Waals surface area contributed by atoms with E-state index < -0.39 is 36.0 Å². The highest BCUT2D eigenvalue weighted by molar-refractivity contribution is 5.92.